The van der Waals surface area contributed by atoms with Gasteiger partial charge >= 0.3 is 0 Å². The summed E-state index contributed by atoms with van der Waals surface area (Å²) in [5.41, 5.74) is 2.92. The number of benzene rings is 2. The number of anilines is 1. The Morgan fingerprint density at radius 3 is 2.44 bits per heavy atom. The number of carbonyl (C=O) groups is 1. The lowest BCUT2D eigenvalue weighted by molar-refractivity contribution is -0.385. The second kappa shape index (κ2) is 8.68. The Balaban J connectivity index is 1.41. The van der Waals surface area contributed by atoms with Crippen LogP contribution in [0.1, 0.15) is 10.4 Å². The van der Waals surface area contributed by atoms with Gasteiger partial charge in [-0.25, -0.2) is 0 Å². The molecule has 1 N–H and O–H groups in total. The van der Waals surface area contributed by atoms with Crippen LogP contribution in [0.3, 0.4) is 0 Å². The molecule has 5 rings (SSSR count). The summed E-state index contributed by atoms with van der Waals surface area (Å²) in [4.78, 5) is 27.3. The number of hydrogen-bond donors (Lipinski definition) is 1. The largest absolute Gasteiger partial charge is 0.322 e. The van der Waals surface area contributed by atoms with Gasteiger partial charge in [0.2, 0.25) is 0 Å². The van der Waals surface area contributed by atoms with E-state index in [9.17, 15) is 14.9 Å². The van der Waals surface area contributed by atoms with E-state index in [0.29, 0.717) is 22.9 Å². The first-order valence-corrected chi connectivity index (χ1v) is 10.4. The Bertz CT molecular complexity index is 1540. The molecular weight excluding hydrogens is 458 g/mol. The molecule has 0 aliphatic rings. The molecule has 0 spiro atoms. The molecule has 0 bridgehead atoms. The van der Waals surface area contributed by atoms with Crippen LogP contribution in [0.15, 0.2) is 79.1 Å². The van der Waals surface area contributed by atoms with E-state index < -0.39 is 10.8 Å². The Hall–Kier alpha value is -4.70. The van der Waals surface area contributed by atoms with E-state index in [4.69, 9.17) is 11.6 Å². The first-order chi connectivity index (χ1) is 16.5. The highest BCUT2D eigenvalue weighted by Crippen LogP contribution is 2.25. The maximum atomic E-state index is 12.6. The summed E-state index contributed by atoms with van der Waals surface area (Å²) in [5.74, 6) is -0.0424. The van der Waals surface area contributed by atoms with Crippen molar-refractivity contribution in [2.45, 2.75) is 0 Å². The van der Waals surface area contributed by atoms with Crippen molar-refractivity contribution in [3.8, 4) is 22.6 Å². The molecule has 34 heavy (non-hydrogen) atoms. The molecule has 3 heterocycles. The lowest BCUT2D eigenvalue weighted by Gasteiger charge is -2.08. The molecule has 0 atom stereocenters. The number of nitrogens with zero attached hydrogens (tertiary/aromatic N) is 6. The third kappa shape index (κ3) is 4.05. The average molecular weight is 472 g/mol. The van der Waals surface area contributed by atoms with E-state index in [1.165, 1.54) is 18.2 Å². The summed E-state index contributed by atoms with van der Waals surface area (Å²) in [6.07, 6.45) is 3.34. The van der Waals surface area contributed by atoms with Crippen LogP contribution < -0.4 is 5.32 Å². The molecule has 0 aliphatic heterocycles. The van der Waals surface area contributed by atoms with Crippen LogP contribution in [0.4, 0.5) is 11.4 Å². The van der Waals surface area contributed by atoms with Crippen molar-refractivity contribution in [1.29, 1.82) is 0 Å². The van der Waals surface area contributed by atoms with Gasteiger partial charge in [0.25, 0.3) is 11.6 Å². The van der Waals surface area contributed by atoms with Crippen LogP contribution in [0, 0.1) is 10.1 Å². The molecule has 5 aromatic rings. The quantitative estimate of drug-likeness (QED) is 0.291. The zero-order chi connectivity index (χ0) is 23.7. The van der Waals surface area contributed by atoms with Crippen LogP contribution in [-0.2, 0) is 0 Å². The number of nitro groups is 1. The number of nitro benzene ring substituents is 1. The Kier molecular flexibility index (Phi) is 5.40. The van der Waals surface area contributed by atoms with Gasteiger partial charge in [0, 0.05) is 40.3 Å². The van der Waals surface area contributed by atoms with E-state index in [1.54, 1.807) is 41.2 Å². The van der Waals surface area contributed by atoms with Crippen molar-refractivity contribution >= 4 is 34.5 Å². The molecule has 0 saturated heterocycles. The normalized spacial score (nSPS) is 10.9. The SMILES string of the molecule is O=C(Nc1ccc(-c2ccc3nnc(-c4ccncc4)n3n2)cc1)c1cc(Cl)ccc1[N+](=O)[O-]. The third-order valence-electron chi connectivity index (χ3n) is 5.04. The topological polar surface area (TPSA) is 128 Å². The minimum atomic E-state index is -0.632. The highest BCUT2D eigenvalue weighted by molar-refractivity contribution is 6.31. The highest BCUT2D eigenvalue weighted by atomic mass is 35.5. The van der Waals surface area contributed by atoms with Crippen LogP contribution >= 0.6 is 11.6 Å². The summed E-state index contributed by atoms with van der Waals surface area (Å²) in [5, 5.41) is 27.2. The number of fused-ring (bicyclic) bond motifs is 1. The van der Waals surface area contributed by atoms with Gasteiger partial charge in [-0.15, -0.1) is 10.2 Å². The Morgan fingerprint density at radius 2 is 1.71 bits per heavy atom. The molecule has 0 aliphatic carbocycles. The van der Waals surface area contributed by atoms with E-state index in [-0.39, 0.29) is 16.3 Å². The van der Waals surface area contributed by atoms with Gasteiger partial charge in [-0.1, -0.05) is 23.7 Å². The van der Waals surface area contributed by atoms with Crippen LogP contribution in [0.5, 0.6) is 0 Å². The number of amides is 1. The Morgan fingerprint density at radius 1 is 0.941 bits per heavy atom. The molecule has 10 nitrogen and oxygen atoms in total. The summed E-state index contributed by atoms with van der Waals surface area (Å²) in [6, 6.07) is 18.1. The number of aromatic nitrogens is 5. The molecule has 0 fully saturated rings. The van der Waals surface area contributed by atoms with Gasteiger partial charge in [0.1, 0.15) is 5.56 Å². The number of carbonyl (C=O) groups excluding carboxylic acids is 1. The zero-order valence-corrected chi connectivity index (χ0v) is 18.0. The van der Waals surface area contributed by atoms with Crippen molar-refractivity contribution < 1.29 is 9.72 Å². The van der Waals surface area contributed by atoms with Crippen LogP contribution in [-0.4, -0.2) is 35.6 Å². The molecule has 0 radical (unpaired) electrons. The molecular formula is C23H14ClN7O3. The zero-order valence-electron chi connectivity index (χ0n) is 17.3. The maximum absolute atomic E-state index is 12.6. The summed E-state index contributed by atoms with van der Waals surface area (Å²) in [7, 11) is 0. The van der Waals surface area contributed by atoms with Crippen LogP contribution in [0.2, 0.25) is 5.02 Å². The van der Waals surface area contributed by atoms with Crippen LogP contribution in [0.25, 0.3) is 28.3 Å². The fourth-order valence-electron chi connectivity index (χ4n) is 3.40. The standard InChI is InChI=1S/C23H14ClN7O3/c24-16-3-7-20(31(33)34)18(13-16)23(32)26-17-4-1-14(2-5-17)19-6-8-21-27-28-22(30(21)29-19)15-9-11-25-12-10-15/h1-13H,(H,26,32). The minimum Gasteiger partial charge on any atom is -0.322 e. The first kappa shape index (κ1) is 21.2. The smallest absolute Gasteiger partial charge is 0.282 e. The third-order valence-corrected chi connectivity index (χ3v) is 5.27. The number of nitrogens with one attached hydrogen (secondary N) is 1. The highest BCUT2D eigenvalue weighted by Gasteiger charge is 2.20. The fourth-order valence-corrected chi connectivity index (χ4v) is 3.57. The number of halogens is 1. The number of hydrogen-bond acceptors (Lipinski definition) is 7. The maximum Gasteiger partial charge on any atom is 0.282 e. The monoisotopic (exact) mass is 471 g/mol. The molecule has 166 valence electrons. The second-order valence-electron chi connectivity index (χ2n) is 7.20. The van der Waals surface area contributed by atoms with Crippen molar-refractivity contribution in [2.24, 2.45) is 0 Å². The molecule has 3 aromatic heterocycles. The second-order valence-corrected chi connectivity index (χ2v) is 7.63. The lowest BCUT2D eigenvalue weighted by atomic mass is 10.1. The van der Waals surface area contributed by atoms with E-state index in [1.807, 2.05) is 24.3 Å². The van der Waals surface area contributed by atoms with Crippen molar-refractivity contribution in [2.75, 3.05) is 5.32 Å². The summed E-state index contributed by atoms with van der Waals surface area (Å²) < 4.78 is 1.65. The first-order valence-electron chi connectivity index (χ1n) is 9.98. The predicted octanol–water partition coefficient (Wildman–Crippen LogP) is 4.67. The van der Waals surface area contributed by atoms with Gasteiger partial charge in [0.05, 0.1) is 10.6 Å². The number of rotatable bonds is 5. The average Bonchev–Trinajstić information content (AvgIpc) is 3.28. The van der Waals surface area contributed by atoms with Gasteiger partial charge in [0.15, 0.2) is 11.5 Å². The molecule has 0 unspecified atom stereocenters. The van der Waals surface area contributed by atoms with Crippen molar-refractivity contribution in [3.05, 3.63) is 99.8 Å². The summed E-state index contributed by atoms with van der Waals surface area (Å²) in [6.45, 7) is 0. The minimum absolute atomic E-state index is 0.120. The van der Waals surface area contributed by atoms with E-state index >= 15 is 0 Å². The molecule has 0 saturated carbocycles. The van der Waals surface area contributed by atoms with E-state index in [2.05, 4.69) is 25.6 Å². The number of pyridine rings is 1. The van der Waals surface area contributed by atoms with Gasteiger partial charge in [-0.2, -0.15) is 9.61 Å². The van der Waals surface area contributed by atoms with E-state index in [0.717, 1.165) is 11.1 Å². The molecule has 11 heteroatoms. The van der Waals surface area contributed by atoms with Gasteiger partial charge in [-0.05, 0) is 48.5 Å². The van der Waals surface area contributed by atoms with Gasteiger partial charge in [-0.3, -0.25) is 19.9 Å². The van der Waals surface area contributed by atoms with Gasteiger partial charge < -0.3 is 5.32 Å². The Labute approximate surface area is 197 Å². The summed E-state index contributed by atoms with van der Waals surface area (Å²) >= 11 is 5.92. The van der Waals surface area contributed by atoms with Crippen molar-refractivity contribution in [1.82, 2.24) is 24.8 Å². The predicted molar refractivity (Wildman–Crippen MR) is 126 cm³/mol. The van der Waals surface area contributed by atoms with Crippen molar-refractivity contribution in [3.63, 3.8) is 0 Å². The molecule has 2 aromatic carbocycles. The molecule has 1 amide bonds. The lowest BCUT2D eigenvalue weighted by Crippen LogP contribution is -2.14. The fraction of sp³-hybridized carbons (Fsp3) is 0.